The van der Waals surface area contributed by atoms with Crippen molar-refractivity contribution in [3.05, 3.63) is 29.8 Å². The summed E-state index contributed by atoms with van der Waals surface area (Å²) in [5.41, 5.74) is 0.854. The van der Waals surface area contributed by atoms with E-state index in [4.69, 9.17) is 9.84 Å². The lowest BCUT2D eigenvalue weighted by atomic mass is 10.2. The fraction of sp³-hybridized carbons (Fsp3) is 0.500. The number of likely N-dealkylation sites (N-methyl/N-ethyl adjacent to an activating group) is 1. The van der Waals surface area contributed by atoms with Crippen LogP contribution in [-0.4, -0.2) is 43.0 Å². The lowest BCUT2D eigenvalue weighted by molar-refractivity contribution is -0.207. The monoisotopic (exact) mass is 263 g/mol. The lowest BCUT2D eigenvalue weighted by Gasteiger charge is -2.22. The predicted octanol–water partition coefficient (Wildman–Crippen LogP) is 2.05. The van der Waals surface area contributed by atoms with E-state index < -0.39 is 18.8 Å². The molecule has 0 saturated heterocycles. The number of benzene rings is 1. The van der Waals surface area contributed by atoms with Gasteiger partial charge in [0.1, 0.15) is 5.75 Å². The smallest absolute Gasteiger partial charge is 0.415 e. The van der Waals surface area contributed by atoms with E-state index in [0.717, 1.165) is 5.56 Å². The quantitative estimate of drug-likeness (QED) is 0.882. The summed E-state index contributed by atoms with van der Waals surface area (Å²) >= 11 is 0. The Kier molecular flexibility index (Phi) is 4.98. The number of aliphatic hydroxyl groups is 1. The second-order valence-electron chi connectivity index (χ2n) is 4.10. The molecule has 1 rings (SSSR count). The number of rotatable bonds is 5. The number of nitrogens with zero attached hydrogens (tertiary/aromatic N) is 1. The molecule has 1 atom stereocenters. The van der Waals surface area contributed by atoms with Crippen LogP contribution < -0.4 is 4.74 Å². The van der Waals surface area contributed by atoms with Crippen LogP contribution in [0.25, 0.3) is 0 Å². The number of methoxy groups -OCH3 is 1. The highest BCUT2D eigenvalue weighted by molar-refractivity contribution is 5.27. The molecule has 0 bridgehead atoms. The van der Waals surface area contributed by atoms with Crippen molar-refractivity contribution >= 4 is 0 Å². The molecule has 0 saturated carbocycles. The number of alkyl halides is 3. The largest absolute Gasteiger partial charge is 0.497 e. The zero-order chi connectivity index (χ0) is 13.8. The van der Waals surface area contributed by atoms with Crippen molar-refractivity contribution in [1.82, 2.24) is 4.90 Å². The first-order valence-corrected chi connectivity index (χ1v) is 5.39. The van der Waals surface area contributed by atoms with Gasteiger partial charge in [-0.15, -0.1) is 0 Å². The van der Waals surface area contributed by atoms with E-state index in [-0.39, 0.29) is 0 Å². The fourth-order valence-electron chi connectivity index (χ4n) is 1.51. The van der Waals surface area contributed by atoms with Crippen molar-refractivity contribution in [2.24, 2.45) is 0 Å². The highest BCUT2D eigenvalue weighted by Gasteiger charge is 2.38. The molecule has 0 aliphatic heterocycles. The van der Waals surface area contributed by atoms with Crippen molar-refractivity contribution < 1.29 is 23.0 Å². The molecule has 0 aromatic heterocycles. The van der Waals surface area contributed by atoms with Gasteiger partial charge in [-0.1, -0.05) is 12.1 Å². The van der Waals surface area contributed by atoms with Crippen molar-refractivity contribution in [1.29, 1.82) is 0 Å². The van der Waals surface area contributed by atoms with Gasteiger partial charge in [-0.3, -0.25) is 4.90 Å². The molecule has 102 valence electrons. The van der Waals surface area contributed by atoms with Gasteiger partial charge in [0, 0.05) is 13.1 Å². The first kappa shape index (κ1) is 14.8. The Morgan fingerprint density at radius 3 is 2.28 bits per heavy atom. The summed E-state index contributed by atoms with van der Waals surface area (Å²) in [5.74, 6) is 0.691. The number of halogens is 3. The van der Waals surface area contributed by atoms with Gasteiger partial charge in [-0.25, -0.2) is 0 Å². The first-order chi connectivity index (χ1) is 8.32. The molecule has 0 spiro atoms. The van der Waals surface area contributed by atoms with E-state index in [9.17, 15) is 13.2 Å². The summed E-state index contributed by atoms with van der Waals surface area (Å²) in [5, 5.41) is 8.93. The van der Waals surface area contributed by atoms with Gasteiger partial charge in [0.05, 0.1) is 7.11 Å². The number of ether oxygens (including phenoxy) is 1. The van der Waals surface area contributed by atoms with Crippen LogP contribution in [0.3, 0.4) is 0 Å². The molecule has 0 aliphatic carbocycles. The maximum Gasteiger partial charge on any atom is 0.415 e. The van der Waals surface area contributed by atoms with E-state index in [2.05, 4.69) is 0 Å². The molecule has 0 amide bonds. The maximum absolute atomic E-state index is 12.2. The average Bonchev–Trinajstić information content (AvgIpc) is 2.28. The Labute approximate surface area is 104 Å². The second kappa shape index (κ2) is 6.06. The Bertz CT molecular complexity index is 365. The third-order valence-electron chi connectivity index (χ3n) is 2.47. The van der Waals surface area contributed by atoms with Gasteiger partial charge in [-0.2, -0.15) is 13.2 Å². The molecule has 0 unspecified atom stereocenters. The molecular formula is C12H16F3NO2. The fourth-order valence-corrected chi connectivity index (χ4v) is 1.51. The van der Waals surface area contributed by atoms with E-state index in [0.29, 0.717) is 12.3 Å². The second-order valence-corrected chi connectivity index (χ2v) is 4.10. The van der Waals surface area contributed by atoms with Crippen molar-refractivity contribution in [3.63, 3.8) is 0 Å². The number of aliphatic hydroxyl groups excluding tert-OH is 1. The van der Waals surface area contributed by atoms with Crippen molar-refractivity contribution in [2.45, 2.75) is 18.8 Å². The highest BCUT2D eigenvalue weighted by atomic mass is 19.4. The predicted molar refractivity (Wildman–Crippen MR) is 61.4 cm³/mol. The van der Waals surface area contributed by atoms with Gasteiger partial charge in [0.15, 0.2) is 6.10 Å². The molecule has 0 fully saturated rings. The van der Waals surface area contributed by atoms with E-state index in [1.54, 1.807) is 31.4 Å². The van der Waals surface area contributed by atoms with Crippen LogP contribution in [0.1, 0.15) is 5.56 Å². The minimum Gasteiger partial charge on any atom is -0.497 e. The Balaban J connectivity index is 2.51. The first-order valence-electron chi connectivity index (χ1n) is 5.39. The zero-order valence-electron chi connectivity index (χ0n) is 10.2. The van der Waals surface area contributed by atoms with Gasteiger partial charge in [-0.05, 0) is 24.7 Å². The maximum atomic E-state index is 12.2. The molecular weight excluding hydrogens is 247 g/mol. The van der Waals surface area contributed by atoms with Crippen LogP contribution in [0.15, 0.2) is 24.3 Å². The topological polar surface area (TPSA) is 32.7 Å². The van der Waals surface area contributed by atoms with Crippen LogP contribution in [0.2, 0.25) is 0 Å². The van der Waals surface area contributed by atoms with Crippen LogP contribution >= 0.6 is 0 Å². The number of hydrogen-bond donors (Lipinski definition) is 1. The van der Waals surface area contributed by atoms with Crippen LogP contribution in [0, 0.1) is 0 Å². The molecule has 0 heterocycles. The molecule has 6 heteroatoms. The summed E-state index contributed by atoms with van der Waals surface area (Å²) in [6, 6.07) is 7.03. The van der Waals surface area contributed by atoms with Crippen LogP contribution in [0.4, 0.5) is 13.2 Å². The third-order valence-corrected chi connectivity index (χ3v) is 2.47. The van der Waals surface area contributed by atoms with Gasteiger partial charge in [0.2, 0.25) is 0 Å². The SMILES string of the molecule is COc1ccc(CN(C)C[C@H](O)C(F)(F)F)cc1. The standard InChI is InChI=1S/C12H16F3NO2/c1-16(8-11(17)12(13,14)15)7-9-3-5-10(18-2)6-4-9/h3-6,11,17H,7-8H2,1-2H3/t11-/m0/s1. The minimum absolute atomic E-state index is 0.330. The van der Waals surface area contributed by atoms with Crippen molar-refractivity contribution in [2.75, 3.05) is 20.7 Å². The number of hydrogen-bond acceptors (Lipinski definition) is 3. The van der Waals surface area contributed by atoms with Crippen LogP contribution in [-0.2, 0) is 6.54 Å². The summed E-state index contributed by atoms with van der Waals surface area (Å²) in [6.45, 7) is -0.118. The normalized spacial score (nSPS) is 13.7. The summed E-state index contributed by atoms with van der Waals surface area (Å²) in [6.07, 6.45) is -6.89. The molecule has 0 aliphatic rings. The van der Waals surface area contributed by atoms with Gasteiger partial charge in [0.25, 0.3) is 0 Å². The summed E-state index contributed by atoms with van der Waals surface area (Å²) in [4.78, 5) is 1.42. The molecule has 18 heavy (non-hydrogen) atoms. The van der Waals surface area contributed by atoms with E-state index in [1.807, 2.05) is 0 Å². The molecule has 0 radical (unpaired) electrons. The van der Waals surface area contributed by atoms with Gasteiger partial charge < -0.3 is 9.84 Å². The average molecular weight is 263 g/mol. The zero-order valence-corrected chi connectivity index (χ0v) is 10.2. The van der Waals surface area contributed by atoms with Crippen LogP contribution in [0.5, 0.6) is 5.75 Å². The molecule has 1 aromatic rings. The summed E-state index contributed by atoms with van der Waals surface area (Å²) in [7, 11) is 3.07. The third kappa shape index (κ3) is 4.54. The molecule has 3 nitrogen and oxygen atoms in total. The highest BCUT2D eigenvalue weighted by Crippen LogP contribution is 2.21. The minimum atomic E-state index is -4.58. The lowest BCUT2D eigenvalue weighted by Crippen LogP contribution is -2.39. The van der Waals surface area contributed by atoms with E-state index in [1.165, 1.54) is 11.9 Å². The van der Waals surface area contributed by atoms with E-state index >= 15 is 0 Å². The Morgan fingerprint density at radius 2 is 1.83 bits per heavy atom. The Hall–Kier alpha value is -1.27. The van der Waals surface area contributed by atoms with Crippen molar-refractivity contribution in [3.8, 4) is 5.75 Å². The Morgan fingerprint density at radius 1 is 1.28 bits per heavy atom. The molecule has 1 aromatic carbocycles. The van der Waals surface area contributed by atoms with Gasteiger partial charge >= 0.3 is 6.18 Å². The summed E-state index contributed by atoms with van der Waals surface area (Å²) < 4.78 is 41.4. The molecule has 1 N–H and O–H groups in total.